The molecule has 2 N–H and O–H groups in total. The molecule has 2 aromatic rings. The van der Waals surface area contributed by atoms with Crippen molar-refractivity contribution in [3.8, 4) is 0 Å². The van der Waals surface area contributed by atoms with E-state index in [1.165, 1.54) is 0 Å². The van der Waals surface area contributed by atoms with Crippen LogP contribution < -0.4 is 10.6 Å². The Balaban J connectivity index is 1.72. The van der Waals surface area contributed by atoms with Crippen molar-refractivity contribution in [3.63, 3.8) is 0 Å². The van der Waals surface area contributed by atoms with Gasteiger partial charge in [-0.25, -0.2) is 4.98 Å². The van der Waals surface area contributed by atoms with E-state index in [0.29, 0.717) is 19.5 Å². The SMILES string of the molecule is Cc1cc(Br)cnc1NCCC(=O)NCc1ccccc1. The summed E-state index contributed by atoms with van der Waals surface area (Å²) in [6, 6.07) is 11.9. The number of hydrogen-bond donors (Lipinski definition) is 2. The van der Waals surface area contributed by atoms with Crippen LogP contribution in [0.15, 0.2) is 47.1 Å². The zero-order chi connectivity index (χ0) is 15.1. The number of nitrogens with zero attached hydrogens (tertiary/aromatic N) is 1. The Hall–Kier alpha value is -1.88. The molecule has 0 bridgehead atoms. The lowest BCUT2D eigenvalue weighted by Gasteiger charge is -2.09. The Morgan fingerprint density at radius 1 is 1.29 bits per heavy atom. The molecule has 1 heterocycles. The molecule has 2 rings (SSSR count). The summed E-state index contributed by atoms with van der Waals surface area (Å²) in [6.45, 7) is 3.11. The van der Waals surface area contributed by atoms with Gasteiger partial charge >= 0.3 is 0 Å². The third-order valence-corrected chi connectivity index (χ3v) is 3.46. The van der Waals surface area contributed by atoms with Crippen LogP contribution in [0.25, 0.3) is 0 Å². The molecule has 1 aromatic heterocycles. The van der Waals surface area contributed by atoms with Gasteiger partial charge in [-0.3, -0.25) is 4.79 Å². The molecule has 1 aromatic carbocycles. The van der Waals surface area contributed by atoms with E-state index in [-0.39, 0.29) is 5.91 Å². The summed E-state index contributed by atoms with van der Waals surface area (Å²) in [7, 11) is 0. The summed E-state index contributed by atoms with van der Waals surface area (Å²) in [6.07, 6.45) is 2.16. The van der Waals surface area contributed by atoms with E-state index in [2.05, 4.69) is 31.5 Å². The lowest BCUT2D eigenvalue weighted by Crippen LogP contribution is -2.25. The molecule has 0 radical (unpaired) electrons. The van der Waals surface area contributed by atoms with Gasteiger partial charge in [0.05, 0.1) is 0 Å². The molecule has 21 heavy (non-hydrogen) atoms. The number of anilines is 1. The van der Waals surface area contributed by atoms with Crippen LogP contribution in [0.1, 0.15) is 17.5 Å². The van der Waals surface area contributed by atoms with E-state index in [0.717, 1.165) is 21.4 Å². The van der Waals surface area contributed by atoms with Crippen LogP contribution in [0, 0.1) is 6.92 Å². The number of nitrogens with one attached hydrogen (secondary N) is 2. The number of carbonyl (C=O) groups excluding carboxylic acids is 1. The van der Waals surface area contributed by atoms with Crippen molar-refractivity contribution >= 4 is 27.7 Å². The molecule has 1 amide bonds. The van der Waals surface area contributed by atoms with Crippen molar-refractivity contribution in [3.05, 3.63) is 58.2 Å². The molecule has 0 spiro atoms. The number of halogens is 1. The van der Waals surface area contributed by atoms with E-state index in [4.69, 9.17) is 0 Å². The van der Waals surface area contributed by atoms with Gasteiger partial charge in [-0.2, -0.15) is 0 Å². The predicted molar refractivity (Wildman–Crippen MR) is 88.1 cm³/mol. The molecule has 0 aliphatic rings. The highest BCUT2D eigenvalue weighted by atomic mass is 79.9. The zero-order valence-electron chi connectivity index (χ0n) is 11.9. The second kappa shape index (κ2) is 7.78. The van der Waals surface area contributed by atoms with Crippen LogP contribution in [0.5, 0.6) is 0 Å². The first-order chi connectivity index (χ1) is 10.1. The molecular formula is C16H18BrN3O. The Morgan fingerprint density at radius 3 is 2.76 bits per heavy atom. The largest absolute Gasteiger partial charge is 0.369 e. The predicted octanol–water partition coefficient (Wildman–Crippen LogP) is 3.27. The first-order valence-electron chi connectivity index (χ1n) is 6.82. The second-order valence-electron chi connectivity index (χ2n) is 4.76. The van der Waals surface area contributed by atoms with Crippen LogP contribution >= 0.6 is 15.9 Å². The molecule has 0 unspecified atom stereocenters. The molecule has 0 aliphatic carbocycles. The summed E-state index contributed by atoms with van der Waals surface area (Å²) in [5.41, 5.74) is 2.15. The van der Waals surface area contributed by atoms with Gasteiger partial charge in [-0.05, 0) is 40.0 Å². The van der Waals surface area contributed by atoms with Crippen LogP contribution in [0.3, 0.4) is 0 Å². The number of aryl methyl sites for hydroxylation is 1. The molecule has 0 atom stereocenters. The summed E-state index contributed by atoms with van der Waals surface area (Å²) in [5.74, 6) is 0.843. The minimum atomic E-state index is 0.0288. The van der Waals surface area contributed by atoms with Crippen molar-refractivity contribution in [1.29, 1.82) is 0 Å². The maximum Gasteiger partial charge on any atom is 0.222 e. The Labute approximate surface area is 133 Å². The standard InChI is InChI=1S/C16H18BrN3O/c1-12-9-14(17)11-20-16(12)18-8-7-15(21)19-10-13-5-3-2-4-6-13/h2-6,9,11H,7-8,10H2,1H3,(H,18,20)(H,19,21). The Morgan fingerprint density at radius 2 is 2.05 bits per heavy atom. The van der Waals surface area contributed by atoms with Crippen LogP contribution in [0.4, 0.5) is 5.82 Å². The van der Waals surface area contributed by atoms with E-state index in [1.54, 1.807) is 6.20 Å². The molecule has 0 aliphatic heterocycles. The van der Waals surface area contributed by atoms with E-state index >= 15 is 0 Å². The average Bonchev–Trinajstić information content (AvgIpc) is 2.48. The fraction of sp³-hybridized carbons (Fsp3) is 0.250. The average molecular weight is 348 g/mol. The van der Waals surface area contributed by atoms with Gasteiger partial charge < -0.3 is 10.6 Å². The maximum absolute atomic E-state index is 11.8. The number of amides is 1. The molecule has 0 fully saturated rings. The molecule has 5 heteroatoms. The summed E-state index contributed by atoms with van der Waals surface area (Å²) in [4.78, 5) is 16.0. The summed E-state index contributed by atoms with van der Waals surface area (Å²) >= 11 is 3.38. The van der Waals surface area contributed by atoms with Gasteiger partial charge in [-0.15, -0.1) is 0 Å². The normalized spacial score (nSPS) is 10.2. The fourth-order valence-corrected chi connectivity index (χ4v) is 2.35. The van der Waals surface area contributed by atoms with Gasteiger partial charge in [0.1, 0.15) is 5.82 Å². The molecule has 0 saturated heterocycles. The lowest BCUT2D eigenvalue weighted by atomic mass is 10.2. The Kier molecular flexibility index (Phi) is 5.75. The number of carbonyl (C=O) groups is 1. The molecular weight excluding hydrogens is 330 g/mol. The highest BCUT2D eigenvalue weighted by Gasteiger charge is 2.03. The van der Waals surface area contributed by atoms with Crippen LogP contribution in [-0.2, 0) is 11.3 Å². The van der Waals surface area contributed by atoms with Gasteiger partial charge in [-0.1, -0.05) is 30.3 Å². The van der Waals surface area contributed by atoms with Gasteiger partial charge in [0.15, 0.2) is 0 Å². The first kappa shape index (κ1) is 15.5. The lowest BCUT2D eigenvalue weighted by molar-refractivity contribution is -0.121. The van der Waals surface area contributed by atoms with Crippen molar-refractivity contribution in [2.24, 2.45) is 0 Å². The topological polar surface area (TPSA) is 54.0 Å². The quantitative estimate of drug-likeness (QED) is 0.843. The monoisotopic (exact) mass is 347 g/mol. The number of benzene rings is 1. The molecule has 0 saturated carbocycles. The van der Waals surface area contributed by atoms with Crippen LogP contribution in [-0.4, -0.2) is 17.4 Å². The summed E-state index contributed by atoms with van der Waals surface area (Å²) in [5, 5.41) is 6.08. The zero-order valence-corrected chi connectivity index (χ0v) is 13.5. The first-order valence-corrected chi connectivity index (χ1v) is 7.61. The smallest absolute Gasteiger partial charge is 0.222 e. The number of aromatic nitrogens is 1. The summed E-state index contributed by atoms with van der Waals surface area (Å²) < 4.78 is 0.950. The Bertz CT molecular complexity index is 602. The van der Waals surface area contributed by atoms with E-state index < -0.39 is 0 Å². The molecule has 4 nitrogen and oxygen atoms in total. The number of rotatable bonds is 6. The van der Waals surface area contributed by atoms with Gasteiger partial charge in [0.25, 0.3) is 0 Å². The van der Waals surface area contributed by atoms with Crippen molar-refractivity contribution in [2.45, 2.75) is 19.9 Å². The number of hydrogen-bond acceptors (Lipinski definition) is 3. The minimum Gasteiger partial charge on any atom is -0.369 e. The third-order valence-electron chi connectivity index (χ3n) is 3.02. The maximum atomic E-state index is 11.8. The van der Waals surface area contributed by atoms with E-state index in [1.807, 2.05) is 43.3 Å². The van der Waals surface area contributed by atoms with E-state index in [9.17, 15) is 4.79 Å². The van der Waals surface area contributed by atoms with Gasteiger partial charge in [0, 0.05) is 30.2 Å². The minimum absolute atomic E-state index is 0.0288. The third kappa shape index (κ3) is 5.19. The van der Waals surface area contributed by atoms with Gasteiger partial charge in [0.2, 0.25) is 5.91 Å². The van der Waals surface area contributed by atoms with Crippen molar-refractivity contribution in [2.75, 3.05) is 11.9 Å². The molecule has 110 valence electrons. The highest BCUT2D eigenvalue weighted by molar-refractivity contribution is 9.10. The van der Waals surface area contributed by atoms with Crippen LogP contribution in [0.2, 0.25) is 0 Å². The second-order valence-corrected chi connectivity index (χ2v) is 5.67. The van der Waals surface area contributed by atoms with Crippen molar-refractivity contribution < 1.29 is 4.79 Å². The van der Waals surface area contributed by atoms with Crippen molar-refractivity contribution in [1.82, 2.24) is 10.3 Å². The highest BCUT2D eigenvalue weighted by Crippen LogP contribution is 2.16. The fourth-order valence-electron chi connectivity index (χ4n) is 1.90. The number of pyridine rings is 1.